The third kappa shape index (κ3) is 1.46. The molecule has 0 amide bonds. The summed E-state index contributed by atoms with van der Waals surface area (Å²) in [5.74, 6) is 0. The fraction of sp³-hybridized carbons (Fsp3) is 0.111. The van der Waals surface area contributed by atoms with E-state index < -0.39 is 0 Å². The van der Waals surface area contributed by atoms with Crippen LogP contribution in [0.3, 0.4) is 0 Å². The van der Waals surface area contributed by atoms with Crippen molar-refractivity contribution in [3.05, 3.63) is 37.9 Å². The molecular formula is C9H7IN2O. The van der Waals surface area contributed by atoms with E-state index in [2.05, 4.69) is 32.6 Å². The number of nitrogens with one attached hydrogen (secondary N) is 1. The second-order valence-corrected chi connectivity index (χ2v) is 3.87. The smallest absolute Gasteiger partial charge is 0.251 e. The minimum atomic E-state index is -0.0329. The molecule has 0 aliphatic carbocycles. The number of pyridine rings is 2. The Labute approximate surface area is 88.3 Å². The molecule has 0 unspecified atom stereocenters. The van der Waals surface area contributed by atoms with Gasteiger partial charge in [0.1, 0.15) is 3.70 Å². The number of aromatic nitrogens is 2. The minimum Gasteiger partial charge on any atom is -0.322 e. The van der Waals surface area contributed by atoms with Gasteiger partial charge >= 0.3 is 0 Å². The van der Waals surface area contributed by atoms with E-state index in [9.17, 15) is 4.79 Å². The lowest BCUT2D eigenvalue weighted by atomic mass is 10.2. The van der Waals surface area contributed by atoms with Gasteiger partial charge in [-0.2, -0.15) is 0 Å². The van der Waals surface area contributed by atoms with Gasteiger partial charge in [-0.3, -0.25) is 4.79 Å². The first-order chi connectivity index (χ1) is 6.18. The largest absolute Gasteiger partial charge is 0.322 e. The zero-order valence-corrected chi connectivity index (χ0v) is 9.12. The Morgan fingerprint density at radius 2 is 2.31 bits per heavy atom. The maximum absolute atomic E-state index is 11.3. The van der Waals surface area contributed by atoms with Gasteiger partial charge < -0.3 is 4.98 Å². The Morgan fingerprint density at radius 3 is 3.08 bits per heavy atom. The number of aryl methyl sites for hydroxylation is 1. The van der Waals surface area contributed by atoms with Gasteiger partial charge in [0, 0.05) is 17.1 Å². The van der Waals surface area contributed by atoms with Crippen LogP contribution in [0.5, 0.6) is 0 Å². The van der Waals surface area contributed by atoms with E-state index in [1.165, 1.54) is 0 Å². The van der Waals surface area contributed by atoms with Crippen LogP contribution in [-0.2, 0) is 0 Å². The predicted octanol–water partition coefficient (Wildman–Crippen LogP) is 1.84. The van der Waals surface area contributed by atoms with Gasteiger partial charge in [-0.25, -0.2) is 4.98 Å². The summed E-state index contributed by atoms with van der Waals surface area (Å²) in [6.45, 7) is 1.79. The summed E-state index contributed by atoms with van der Waals surface area (Å²) in [6.07, 6.45) is 1.69. The standard InChI is InChI=1S/C9H7IN2O/c1-5-4-6-7(12-9(5)13)2-3-11-8(6)10/h2-4H,1H3,(H,12,13). The molecular weight excluding hydrogens is 279 g/mol. The molecule has 0 saturated carbocycles. The highest BCUT2D eigenvalue weighted by Crippen LogP contribution is 2.15. The molecule has 0 aliphatic heterocycles. The van der Waals surface area contributed by atoms with Gasteiger partial charge in [0.05, 0.1) is 5.52 Å². The third-order valence-corrected chi connectivity index (χ3v) is 2.77. The highest BCUT2D eigenvalue weighted by Gasteiger charge is 2.01. The average molecular weight is 286 g/mol. The van der Waals surface area contributed by atoms with Crippen LogP contribution in [0.15, 0.2) is 23.1 Å². The number of H-pyrrole nitrogens is 1. The summed E-state index contributed by atoms with van der Waals surface area (Å²) in [5, 5.41) is 1.00. The molecule has 66 valence electrons. The van der Waals surface area contributed by atoms with E-state index in [0.717, 1.165) is 20.2 Å². The summed E-state index contributed by atoms with van der Waals surface area (Å²) in [5.41, 5.74) is 1.53. The van der Waals surface area contributed by atoms with E-state index in [1.54, 1.807) is 19.2 Å². The molecule has 0 radical (unpaired) electrons. The van der Waals surface area contributed by atoms with Crippen LogP contribution in [0.25, 0.3) is 10.9 Å². The van der Waals surface area contributed by atoms with Crippen molar-refractivity contribution in [2.75, 3.05) is 0 Å². The predicted molar refractivity (Wildman–Crippen MR) is 59.8 cm³/mol. The van der Waals surface area contributed by atoms with Gasteiger partial charge in [0.2, 0.25) is 0 Å². The van der Waals surface area contributed by atoms with Crippen LogP contribution in [0.2, 0.25) is 0 Å². The van der Waals surface area contributed by atoms with Gasteiger partial charge in [0.15, 0.2) is 0 Å². The highest BCUT2D eigenvalue weighted by molar-refractivity contribution is 14.1. The molecule has 0 saturated heterocycles. The first-order valence-corrected chi connectivity index (χ1v) is 4.90. The first-order valence-electron chi connectivity index (χ1n) is 3.82. The number of aromatic amines is 1. The minimum absolute atomic E-state index is 0.0329. The first kappa shape index (κ1) is 8.68. The van der Waals surface area contributed by atoms with Gasteiger partial charge in [-0.1, -0.05) is 0 Å². The lowest BCUT2D eigenvalue weighted by Crippen LogP contribution is -2.08. The SMILES string of the molecule is Cc1cc2c(I)nccc2[nH]c1=O. The molecule has 2 aromatic rings. The van der Waals surface area contributed by atoms with E-state index in [4.69, 9.17) is 0 Å². The molecule has 0 bridgehead atoms. The van der Waals surface area contributed by atoms with Gasteiger partial charge in [-0.15, -0.1) is 0 Å². The maximum Gasteiger partial charge on any atom is 0.251 e. The van der Waals surface area contributed by atoms with Crippen LogP contribution in [-0.4, -0.2) is 9.97 Å². The van der Waals surface area contributed by atoms with Crippen molar-refractivity contribution in [2.24, 2.45) is 0 Å². The van der Waals surface area contributed by atoms with Gasteiger partial charge in [-0.05, 0) is 41.6 Å². The molecule has 2 aromatic heterocycles. The zero-order valence-electron chi connectivity index (χ0n) is 6.97. The van der Waals surface area contributed by atoms with Crippen molar-refractivity contribution in [2.45, 2.75) is 6.92 Å². The van der Waals surface area contributed by atoms with Crippen molar-refractivity contribution >= 4 is 33.5 Å². The maximum atomic E-state index is 11.3. The molecule has 0 spiro atoms. The van der Waals surface area contributed by atoms with Crippen LogP contribution in [0.4, 0.5) is 0 Å². The van der Waals surface area contributed by atoms with Crippen molar-refractivity contribution in [3.8, 4) is 0 Å². The second kappa shape index (κ2) is 3.10. The molecule has 4 heteroatoms. The van der Waals surface area contributed by atoms with E-state index >= 15 is 0 Å². The number of hydrogen-bond acceptors (Lipinski definition) is 2. The molecule has 0 aliphatic rings. The fourth-order valence-electron chi connectivity index (χ4n) is 1.20. The summed E-state index contributed by atoms with van der Waals surface area (Å²) in [7, 11) is 0. The molecule has 0 atom stereocenters. The lowest BCUT2D eigenvalue weighted by Gasteiger charge is -1.99. The summed E-state index contributed by atoms with van der Waals surface area (Å²) in [4.78, 5) is 18.2. The molecule has 2 heterocycles. The number of fused-ring (bicyclic) bond motifs is 1. The Bertz CT molecular complexity index is 518. The van der Waals surface area contributed by atoms with Crippen molar-refractivity contribution in [3.63, 3.8) is 0 Å². The Kier molecular flexibility index (Phi) is 2.07. The summed E-state index contributed by atoms with van der Waals surface area (Å²) >= 11 is 2.15. The number of nitrogens with zero attached hydrogens (tertiary/aromatic N) is 1. The normalized spacial score (nSPS) is 10.6. The topological polar surface area (TPSA) is 45.8 Å². The quantitative estimate of drug-likeness (QED) is 0.593. The second-order valence-electron chi connectivity index (χ2n) is 2.84. The van der Waals surface area contributed by atoms with Crippen LogP contribution in [0, 0.1) is 10.6 Å². The Balaban J connectivity index is 2.97. The Hall–Kier alpha value is -0.910. The van der Waals surface area contributed by atoms with E-state index in [0.29, 0.717) is 0 Å². The van der Waals surface area contributed by atoms with Crippen molar-refractivity contribution in [1.29, 1.82) is 0 Å². The molecule has 2 rings (SSSR count). The molecule has 0 aromatic carbocycles. The van der Waals surface area contributed by atoms with Crippen molar-refractivity contribution in [1.82, 2.24) is 9.97 Å². The average Bonchev–Trinajstić information content (AvgIpc) is 2.09. The highest BCUT2D eigenvalue weighted by atomic mass is 127. The van der Waals surface area contributed by atoms with Crippen LogP contribution in [0.1, 0.15) is 5.56 Å². The zero-order chi connectivity index (χ0) is 9.42. The summed E-state index contributed by atoms with van der Waals surface area (Å²) in [6, 6.07) is 3.67. The van der Waals surface area contributed by atoms with E-state index in [-0.39, 0.29) is 5.56 Å². The molecule has 3 nitrogen and oxygen atoms in total. The molecule has 13 heavy (non-hydrogen) atoms. The number of halogens is 1. The summed E-state index contributed by atoms with van der Waals surface area (Å²) < 4.78 is 0.912. The van der Waals surface area contributed by atoms with Gasteiger partial charge in [0.25, 0.3) is 5.56 Å². The molecule has 0 fully saturated rings. The monoisotopic (exact) mass is 286 g/mol. The third-order valence-electron chi connectivity index (χ3n) is 1.91. The van der Waals surface area contributed by atoms with Crippen molar-refractivity contribution < 1.29 is 0 Å². The fourth-order valence-corrected chi connectivity index (χ4v) is 1.80. The lowest BCUT2D eigenvalue weighted by molar-refractivity contribution is 1.21. The number of hydrogen-bond donors (Lipinski definition) is 1. The van der Waals surface area contributed by atoms with E-state index in [1.807, 2.05) is 6.07 Å². The number of rotatable bonds is 0. The van der Waals surface area contributed by atoms with Crippen LogP contribution >= 0.6 is 22.6 Å². The molecule has 1 N–H and O–H groups in total. The van der Waals surface area contributed by atoms with Crippen LogP contribution < -0.4 is 5.56 Å². The Morgan fingerprint density at radius 1 is 1.54 bits per heavy atom.